The molecule has 128 valence electrons. The topological polar surface area (TPSA) is 143 Å². The number of carbonyl (C=O) groups excluding carboxylic acids is 1. The molecule has 0 atom stereocenters. The Morgan fingerprint density at radius 1 is 1.29 bits per heavy atom. The number of nitrogens with zero attached hydrogens (tertiary/aromatic N) is 3. The van der Waals surface area contributed by atoms with E-state index in [1.54, 1.807) is 34.2 Å². The van der Waals surface area contributed by atoms with Gasteiger partial charge in [-0.2, -0.15) is 15.0 Å². The first-order chi connectivity index (χ1) is 11.2. The van der Waals surface area contributed by atoms with Crippen molar-refractivity contribution < 1.29 is 23.1 Å². The van der Waals surface area contributed by atoms with E-state index in [-0.39, 0.29) is 21.4 Å². The summed E-state index contributed by atoms with van der Waals surface area (Å²) in [6.07, 6.45) is 0. The van der Waals surface area contributed by atoms with Gasteiger partial charge in [0, 0.05) is 3.57 Å². The van der Waals surface area contributed by atoms with Crippen LogP contribution < -0.4 is 14.8 Å². The first-order valence-corrected chi connectivity index (χ1v) is 8.87. The first kappa shape index (κ1) is 18.1. The lowest BCUT2D eigenvalue weighted by Crippen LogP contribution is -2.35. The summed E-state index contributed by atoms with van der Waals surface area (Å²) < 4.78 is 31.4. The zero-order chi connectivity index (χ0) is 17.9. The third-order valence-electron chi connectivity index (χ3n) is 2.58. The van der Waals surface area contributed by atoms with Gasteiger partial charge < -0.3 is 9.84 Å². The third-order valence-corrected chi connectivity index (χ3v) is 5.26. The highest BCUT2D eigenvalue weighted by atomic mass is 127. The highest BCUT2D eigenvalue weighted by molar-refractivity contribution is 14.1. The summed E-state index contributed by atoms with van der Waals surface area (Å²) in [7, 11) is -2.95. The third kappa shape index (κ3) is 4.19. The number of rotatable bonds is 4. The summed E-state index contributed by atoms with van der Waals surface area (Å²) in [4.78, 5) is 23.0. The molecule has 0 saturated heterocycles. The molecule has 0 spiro atoms. The second-order valence-corrected chi connectivity index (χ2v) is 7.12. The number of nitrogens with one attached hydrogen (secondary N) is 2. The summed E-state index contributed by atoms with van der Waals surface area (Å²) >= 11 is 1.73. The highest BCUT2D eigenvalue weighted by Crippen LogP contribution is 2.27. The van der Waals surface area contributed by atoms with Crippen molar-refractivity contribution in [2.24, 2.45) is 0 Å². The molecular formula is C12H12IN5O5S. The van der Waals surface area contributed by atoms with Crippen LogP contribution in [0, 0.1) is 10.5 Å². The lowest BCUT2D eigenvalue weighted by molar-refractivity contribution is 0.256. The number of hydrogen-bond donors (Lipinski definition) is 3. The Kier molecular flexibility index (Phi) is 5.38. The Balaban J connectivity index is 2.22. The standard InChI is InChI=1S/C12H12IN5O5S/c1-6-14-10(17-12(15-6)23-2)16-11(20)18-24(21,22)9-7(13)4-3-5-8(9)19/h3-5,19H,1-2H3,(H2,14,15,16,17,18,20). The normalized spacial score (nSPS) is 11.0. The van der Waals surface area contributed by atoms with Crippen LogP contribution in [0.3, 0.4) is 0 Å². The van der Waals surface area contributed by atoms with Crippen molar-refractivity contribution >= 4 is 44.6 Å². The highest BCUT2D eigenvalue weighted by Gasteiger charge is 2.24. The zero-order valence-electron chi connectivity index (χ0n) is 12.4. The lowest BCUT2D eigenvalue weighted by Gasteiger charge is -2.10. The van der Waals surface area contributed by atoms with Gasteiger partial charge in [-0.05, 0) is 41.6 Å². The number of urea groups is 1. The number of hydrogen-bond acceptors (Lipinski definition) is 8. The molecule has 0 fully saturated rings. The molecule has 2 amide bonds. The van der Waals surface area contributed by atoms with Crippen LogP contribution in [0.15, 0.2) is 23.1 Å². The minimum Gasteiger partial charge on any atom is -0.506 e. The fourth-order valence-corrected chi connectivity index (χ4v) is 4.09. The predicted octanol–water partition coefficient (Wildman–Crippen LogP) is 1.01. The number of aryl methyl sites for hydroxylation is 1. The van der Waals surface area contributed by atoms with Crippen LogP contribution >= 0.6 is 22.6 Å². The molecule has 0 bridgehead atoms. The fourth-order valence-electron chi connectivity index (χ4n) is 1.67. The van der Waals surface area contributed by atoms with Crippen LogP contribution in [0.4, 0.5) is 10.7 Å². The van der Waals surface area contributed by atoms with E-state index in [4.69, 9.17) is 4.74 Å². The van der Waals surface area contributed by atoms with E-state index in [9.17, 15) is 18.3 Å². The number of amides is 2. The number of sulfonamides is 1. The SMILES string of the molecule is COc1nc(C)nc(NC(=O)NS(=O)(=O)c2c(O)cccc2I)n1. The van der Waals surface area contributed by atoms with Crippen LogP contribution in [-0.2, 0) is 10.0 Å². The molecule has 1 aromatic heterocycles. The lowest BCUT2D eigenvalue weighted by atomic mass is 10.3. The predicted molar refractivity (Wildman–Crippen MR) is 91.3 cm³/mol. The average molecular weight is 465 g/mol. The van der Waals surface area contributed by atoms with Crippen LogP contribution in [-0.4, -0.2) is 41.6 Å². The van der Waals surface area contributed by atoms with Gasteiger partial charge in [0.25, 0.3) is 10.0 Å². The van der Waals surface area contributed by atoms with Gasteiger partial charge in [-0.25, -0.2) is 17.9 Å². The number of phenolic OH excluding ortho intramolecular Hbond substituents is 1. The minimum atomic E-state index is -4.29. The Labute approximate surface area is 150 Å². The van der Waals surface area contributed by atoms with Crippen molar-refractivity contribution in [3.05, 3.63) is 27.6 Å². The largest absolute Gasteiger partial charge is 0.506 e. The molecule has 12 heteroatoms. The van der Waals surface area contributed by atoms with Gasteiger partial charge >= 0.3 is 12.0 Å². The Morgan fingerprint density at radius 3 is 2.62 bits per heavy atom. The Morgan fingerprint density at radius 2 is 2.00 bits per heavy atom. The zero-order valence-corrected chi connectivity index (χ0v) is 15.4. The quantitative estimate of drug-likeness (QED) is 0.568. The maximum Gasteiger partial charge on any atom is 0.335 e. The summed E-state index contributed by atoms with van der Waals surface area (Å²) in [5.74, 6) is -0.380. The molecule has 2 aromatic rings. The molecular weight excluding hydrogens is 453 g/mol. The number of halogens is 1. The van der Waals surface area contributed by atoms with E-state index >= 15 is 0 Å². The van der Waals surface area contributed by atoms with Crippen molar-refractivity contribution in [3.63, 3.8) is 0 Å². The van der Waals surface area contributed by atoms with E-state index in [1.165, 1.54) is 25.3 Å². The smallest absolute Gasteiger partial charge is 0.335 e. The van der Waals surface area contributed by atoms with Crippen LogP contribution in [0.2, 0.25) is 0 Å². The molecule has 0 saturated carbocycles. The maximum absolute atomic E-state index is 12.2. The molecule has 0 aliphatic heterocycles. The van der Waals surface area contributed by atoms with Gasteiger partial charge in [-0.3, -0.25) is 5.32 Å². The molecule has 3 N–H and O–H groups in total. The molecule has 2 rings (SSSR count). The Hall–Kier alpha value is -2.22. The van der Waals surface area contributed by atoms with Gasteiger partial charge in [-0.15, -0.1) is 0 Å². The van der Waals surface area contributed by atoms with Gasteiger partial charge in [-0.1, -0.05) is 6.07 Å². The first-order valence-electron chi connectivity index (χ1n) is 6.31. The molecule has 0 aliphatic rings. The van der Waals surface area contributed by atoms with E-state index in [0.717, 1.165) is 0 Å². The fraction of sp³-hybridized carbons (Fsp3) is 0.167. The van der Waals surface area contributed by atoms with Crippen LogP contribution in [0.25, 0.3) is 0 Å². The molecule has 0 aliphatic carbocycles. The Bertz CT molecular complexity index is 869. The van der Waals surface area contributed by atoms with Crippen molar-refractivity contribution in [2.75, 3.05) is 12.4 Å². The number of anilines is 1. The molecule has 0 radical (unpaired) electrons. The number of aromatic hydroxyl groups is 1. The number of aromatic nitrogens is 3. The number of carbonyl (C=O) groups is 1. The number of methoxy groups -OCH3 is 1. The summed E-state index contributed by atoms with van der Waals surface area (Å²) in [5, 5.41) is 11.9. The maximum atomic E-state index is 12.2. The van der Waals surface area contributed by atoms with Crippen molar-refractivity contribution in [1.82, 2.24) is 19.7 Å². The average Bonchev–Trinajstić information content (AvgIpc) is 2.45. The van der Waals surface area contributed by atoms with E-state index in [1.807, 2.05) is 0 Å². The van der Waals surface area contributed by atoms with Crippen LogP contribution in [0.5, 0.6) is 11.8 Å². The monoisotopic (exact) mass is 465 g/mol. The van der Waals surface area contributed by atoms with Gasteiger partial charge in [0.1, 0.15) is 16.5 Å². The minimum absolute atomic E-state index is 0.0316. The van der Waals surface area contributed by atoms with Gasteiger partial charge in [0.05, 0.1) is 7.11 Å². The summed E-state index contributed by atoms with van der Waals surface area (Å²) in [5.41, 5.74) is 0. The summed E-state index contributed by atoms with van der Waals surface area (Å²) in [6.45, 7) is 1.55. The van der Waals surface area contributed by atoms with E-state index in [2.05, 4.69) is 20.3 Å². The molecule has 0 unspecified atom stereocenters. The van der Waals surface area contributed by atoms with Gasteiger partial charge in [0.15, 0.2) is 0 Å². The second-order valence-electron chi connectivity index (χ2n) is 4.34. The van der Waals surface area contributed by atoms with E-state index in [0.29, 0.717) is 0 Å². The van der Waals surface area contributed by atoms with Crippen molar-refractivity contribution in [2.45, 2.75) is 11.8 Å². The van der Waals surface area contributed by atoms with Crippen molar-refractivity contribution in [1.29, 1.82) is 0 Å². The molecule has 24 heavy (non-hydrogen) atoms. The second kappa shape index (κ2) is 7.12. The molecule has 1 heterocycles. The number of phenols is 1. The number of benzene rings is 1. The summed E-state index contributed by atoms with van der Waals surface area (Å²) in [6, 6.07) is 3.04. The molecule has 1 aromatic carbocycles. The van der Waals surface area contributed by atoms with Crippen LogP contribution in [0.1, 0.15) is 5.82 Å². The van der Waals surface area contributed by atoms with Gasteiger partial charge in [0.2, 0.25) is 5.95 Å². The molecule has 10 nitrogen and oxygen atoms in total. The van der Waals surface area contributed by atoms with E-state index < -0.39 is 26.7 Å². The number of ether oxygens (including phenoxy) is 1. The van der Waals surface area contributed by atoms with Crippen molar-refractivity contribution in [3.8, 4) is 11.8 Å².